The van der Waals surface area contributed by atoms with Crippen LogP contribution in [-0.2, 0) is 4.74 Å². The highest BCUT2D eigenvalue weighted by molar-refractivity contribution is 5.20. The first-order valence-corrected chi connectivity index (χ1v) is 3.90. The van der Waals surface area contributed by atoms with Gasteiger partial charge in [0.05, 0.1) is 6.61 Å². The predicted molar refractivity (Wildman–Crippen MR) is 47.8 cm³/mol. The molecule has 1 heterocycles. The number of nitrogens with one attached hydrogen (secondary N) is 2. The van der Waals surface area contributed by atoms with Crippen molar-refractivity contribution in [2.75, 3.05) is 25.6 Å². The predicted octanol–water partition coefficient (Wildman–Crippen LogP) is -0.468. The second-order valence-corrected chi connectivity index (χ2v) is 2.51. The minimum atomic E-state index is -0.227. The van der Waals surface area contributed by atoms with Crippen LogP contribution in [0.1, 0.15) is 5.69 Å². The first kappa shape index (κ1) is 9.66. The summed E-state index contributed by atoms with van der Waals surface area (Å²) in [6.45, 7) is 2.74. The fourth-order valence-electron chi connectivity index (χ4n) is 0.744. The minimum Gasteiger partial charge on any atom is -0.383 e. The summed E-state index contributed by atoms with van der Waals surface area (Å²) < 4.78 is 4.81. The van der Waals surface area contributed by atoms with E-state index in [2.05, 4.69) is 20.5 Å². The Bertz CT molecular complexity index is 323. The highest BCUT2D eigenvalue weighted by Crippen LogP contribution is 1.89. The Balaban J connectivity index is 2.58. The summed E-state index contributed by atoms with van der Waals surface area (Å²) in [7, 11) is 1.60. The van der Waals surface area contributed by atoms with Gasteiger partial charge in [-0.3, -0.25) is 9.78 Å². The van der Waals surface area contributed by atoms with Crippen LogP contribution >= 0.6 is 0 Å². The largest absolute Gasteiger partial charge is 0.383 e. The zero-order valence-corrected chi connectivity index (χ0v) is 7.63. The molecule has 0 saturated carbocycles. The molecule has 0 saturated heterocycles. The maximum atomic E-state index is 11.0. The molecular formula is C7H12N4O2. The summed E-state index contributed by atoms with van der Waals surface area (Å²) in [6.07, 6.45) is 0. The van der Waals surface area contributed by atoms with Crippen molar-refractivity contribution in [3.63, 3.8) is 0 Å². The van der Waals surface area contributed by atoms with E-state index in [1.807, 2.05) is 0 Å². The van der Waals surface area contributed by atoms with Crippen LogP contribution in [0, 0.1) is 6.92 Å². The summed E-state index contributed by atoms with van der Waals surface area (Å²) in [5.74, 6) is 0.368. The molecule has 0 bridgehead atoms. The van der Waals surface area contributed by atoms with Gasteiger partial charge in [-0.1, -0.05) is 0 Å². The number of nitrogens with zero attached hydrogens (tertiary/aromatic N) is 2. The minimum absolute atomic E-state index is 0.227. The maximum absolute atomic E-state index is 11.0. The molecule has 0 amide bonds. The molecule has 1 rings (SSSR count). The lowest BCUT2D eigenvalue weighted by Gasteiger charge is -2.02. The molecule has 0 aromatic carbocycles. The third-order valence-electron chi connectivity index (χ3n) is 1.46. The van der Waals surface area contributed by atoms with Crippen molar-refractivity contribution in [2.24, 2.45) is 0 Å². The van der Waals surface area contributed by atoms with E-state index in [0.717, 1.165) is 0 Å². The number of aromatic amines is 1. The van der Waals surface area contributed by atoms with Gasteiger partial charge in [0.2, 0.25) is 5.95 Å². The quantitative estimate of drug-likeness (QED) is 0.618. The van der Waals surface area contributed by atoms with E-state index in [1.165, 1.54) is 0 Å². The van der Waals surface area contributed by atoms with Gasteiger partial charge in [-0.05, 0) is 6.92 Å². The molecule has 6 nitrogen and oxygen atoms in total. The lowest BCUT2D eigenvalue weighted by molar-refractivity contribution is 0.210. The third-order valence-corrected chi connectivity index (χ3v) is 1.46. The van der Waals surface area contributed by atoms with Crippen molar-refractivity contribution in [1.82, 2.24) is 15.2 Å². The van der Waals surface area contributed by atoms with Crippen molar-refractivity contribution in [2.45, 2.75) is 6.92 Å². The normalized spacial score (nSPS) is 10.0. The van der Waals surface area contributed by atoms with Gasteiger partial charge in [0.15, 0.2) is 0 Å². The Labute approximate surface area is 75.3 Å². The molecule has 0 spiro atoms. The summed E-state index contributed by atoms with van der Waals surface area (Å²) in [6, 6.07) is 0. The Morgan fingerprint density at radius 2 is 2.31 bits per heavy atom. The fourth-order valence-corrected chi connectivity index (χ4v) is 0.744. The van der Waals surface area contributed by atoms with Crippen LogP contribution < -0.4 is 10.9 Å². The van der Waals surface area contributed by atoms with E-state index in [0.29, 0.717) is 24.8 Å². The lowest BCUT2D eigenvalue weighted by Crippen LogP contribution is -2.18. The lowest BCUT2D eigenvalue weighted by atomic mass is 10.5. The first-order chi connectivity index (χ1) is 6.24. The molecule has 0 radical (unpaired) electrons. The zero-order chi connectivity index (χ0) is 9.68. The number of hydrogen-bond acceptors (Lipinski definition) is 5. The Morgan fingerprint density at radius 3 is 2.92 bits per heavy atom. The summed E-state index contributed by atoms with van der Waals surface area (Å²) in [5, 5.41) is 10.3. The molecule has 6 heteroatoms. The Hall–Kier alpha value is -1.43. The Kier molecular flexibility index (Phi) is 3.39. The SMILES string of the molecule is COCCNc1nnc(C)c(=O)[nH]1. The van der Waals surface area contributed by atoms with Gasteiger partial charge in [-0.15, -0.1) is 10.2 Å². The molecule has 1 aromatic heterocycles. The average Bonchev–Trinajstić information content (AvgIpc) is 2.12. The second kappa shape index (κ2) is 4.56. The van der Waals surface area contributed by atoms with Crippen molar-refractivity contribution < 1.29 is 4.74 Å². The van der Waals surface area contributed by atoms with Crippen molar-refractivity contribution in [3.8, 4) is 0 Å². The Morgan fingerprint density at radius 1 is 1.54 bits per heavy atom. The number of ether oxygens (including phenoxy) is 1. The van der Waals surface area contributed by atoms with Gasteiger partial charge in [-0.25, -0.2) is 0 Å². The van der Waals surface area contributed by atoms with Crippen LogP contribution in [0.3, 0.4) is 0 Å². The van der Waals surface area contributed by atoms with Crippen molar-refractivity contribution >= 4 is 5.95 Å². The molecule has 0 atom stereocenters. The first-order valence-electron chi connectivity index (χ1n) is 3.90. The molecular weight excluding hydrogens is 172 g/mol. The van der Waals surface area contributed by atoms with Gasteiger partial charge in [-0.2, -0.15) is 0 Å². The standard InChI is InChI=1S/C7H12N4O2/c1-5-6(12)9-7(11-10-5)8-3-4-13-2/h3-4H2,1-2H3,(H2,8,9,11,12). The van der Waals surface area contributed by atoms with Crippen LogP contribution in [0.4, 0.5) is 5.95 Å². The topological polar surface area (TPSA) is 79.9 Å². The monoisotopic (exact) mass is 184 g/mol. The van der Waals surface area contributed by atoms with Gasteiger partial charge >= 0.3 is 0 Å². The smallest absolute Gasteiger partial charge is 0.273 e. The van der Waals surface area contributed by atoms with Crippen LogP contribution in [0.2, 0.25) is 0 Å². The summed E-state index contributed by atoms with van der Waals surface area (Å²) >= 11 is 0. The summed E-state index contributed by atoms with van der Waals surface area (Å²) in [5.41, 5.74) is 0.132. The molecule has 2 N–H and O–H groups in total. The van der Waals surface area contributed by atoms with E-state index in [9.17, 15) is 4.79 Å². The van der Waals surface area contributed by atoms with Crippen molar-refractivity contribution in [1.29, 1.82) is 0 Å². The van der Waals surface area contributed by atoms with Crippen LogP contribution in [0.25, 0.3) is 0 Å². The van der Waals surface area contributed by atoms with Crippen LogP contribution in [-0.4, -0.2) is 35.4 Å². The maximum Gasteiger partial charge on any atom is 0.273 e. The molecule has 0 aliphatic heterocycles. The molecule has 0 aliphatic rings. The molecule has 1 aromatic rings. The molecule has 72 valence electrons. The van der Waals surface area contributed by atoms with E-state index < -0.39 is 0 Å². The zero-order valence-electron chi connectivity index (χ0n) is 7.63. The number of methoxy groups -OCH3 is 1. The van der Waals surface area contributed by atoms with Gasteiger partial charge in [0, 0.05) is 13.7 Å². The molecule has 0 unspecified atom stereocenters. The molecule has 0 fully saturated rings. The van der Waals surface area contributed by atoms with Gasteiger partial charge < -0.3 is 10.1 Å². The number of anilines is 1. The molecule has 13 heavy (non-hydrogen) atoms. The fraction of sp³-hybridized carbons (Fsp3) is 0.571. The van der Waals surface area contributed by atoms with E-state index in [-0.39, 0.29) is 5.56 Å². The van der Waals surface area contributed by atoms with Gasteiger partial charge in [0.25, 0.3) is 5.56 Å². The highest BCUT2D eigenvalue weighted by atomic mass is 16.5. The number of aromatic nitrogens is 3. The van der Waals surface area contributed by atoms with E-state index in [1.54, 1.807) is 14.0 Å². The van der Waals surface area contributed by atoms with Crippen LogP contribution in [0.15, 0.2) is 4.79 Å². The van der Waals surface area contributed by atoms with E-state index >= 15 is 0 Å². The number of aryl methyl sites for hydroxylation is 1. The highest BCUT2D eigenvalue weighted by Gasteiger charge is 1.97. The second-order valence-electron chi connectivity index (χ2n) is 2.51. The number of hydrogen-bond donors (Lipinski definition) is 2. The third kappa shape index (κ3) is 2.83. The average molecular weight is 184 g/mol. The number of rotatable bonds is 4. The van der Waals surface area contributed by atoms with E-state index in [4.69, 9.17) is 4.74 Å². The molecule has 0 aliphatic carbocycles. The van der Waals surface area contributed by atoms with Gasteiger partial charge in [0.1, 0.15) is 5.69 Å². The van der Waals surface area contributed by atoms with Crippen molar-refractivity contribution in [3.05, 3.63) is 16.0 Å². The van der Waals surface area contributed by atoms with Crippen LogP contribution in [0.5, 0.6) is 0 Å². The number of H-pyrrole nitrogens is 1. The summed E-state index contributed by atoms with van der Waals surface area (Å²) in [4.78, 5) is 13.6.